The van der Waals surface area contributed by atoms with Crippen LogP contribution in [0.1, 0.15) is 27.9 Å². The van der Waals surface area contributed by atoms with Crippen molar-refractivity contribution in [2.75, 3.05) is 20.0 Å². The Morgan fingerprint density at radius 3 is 2.54 bits per heavy atom. The van der Waals surface area contributed by atoms with Gasteiger partial charge < -0.3 is 13.9 Å². The van der Waals surface area contributed by atoms with Crippen molar-refractivity contribution in [3.63, 3.8) is 0 Å². The standard InChI is InChI=1S/C21H20N2O4S/c1-25-17-9-16(10-18(11-17)26-2)20-22-23-21(27-20)28-12-19(24)15-7-6-13-4-3-5-14(13)8-15/h6-11H,3-5,12H2,1-2H3. The number of thioether (sulfide) groups is 1. The molecule has 1 aromatic heterocycles. The molecule has 3 aromatic rings. The number of hydrogen-bond donors (Lipinski definition) is 0. The molecule has 0 bridgehead atoms. The third-order valence-corrected chi connectivity index (χ3v) is 5.57. The molecule has 2 aromatic carbocycles. The van der Waals surface area contributed by atoms with Gasteiger partial charge in [0.05, 0.1) is 20.0 Å². The quantitative estimate of drug-likeness (QED) is 0.437. The van der Waals surface area contributed by atoms with Crippen LogP contribution in [0, 0.1) is 0 Å². The summed E-state index contributed by atoms with van der Waals surface area (Å²) in [4.78, 5) is 12.5. The predicted octanol–water partition coefficient (Wildman–Crippen LogP) is 4.22. The van der Waals surface area contributed by atoms with E-state index in [4.69, 9.17) is 13.9 Å². The van der Waals surface area contributed by atoms with Gasteiger partial charge in [0.1, 0.15) is 11.5 Å². The highest BCUT2D eigenvalue weighted by Gasteiger charge is 2.16. The van der Waals surface area contributed by atoms with Crippen LogP contribution in [0.25, 0.3) is 11.5 Å². The Bertz CT molecular complexity index is 993. The van der Waals surface area contributed by atoms with E-state index in [2.05, 4.69) is 16.3 Å². The van der Waals surface area contributed by atoms with Crippen molar-refractivity contribution in [2.24, 2.45) is 0 Å². The fourth-order valence-electron chi connectivity index (χ4n) is 3.27. The summed E-state index contributed by atoms with van der Waals surface area (Å²) in [6.45, 7) is 0. The molecule has 6 nitrogen and oxygen atoms in total. The number of hydrogen-bond acceptors (Lipinski definition) is 7. The maximum atomic E-state index is 12.5. The number of Topliss-reactive ketones (excluding diaryl/α,β-unsaturated/α-hetero) is 1. The van der Waals surface area contributed by atoms with Gasteiger partial charge in [0.25, 0.3) is 5.22 Å². The van der Waals surface area contributed by atoms with Gasteiger partial charge in [-0.15, -0.1) is 10.2 Å². The number of benzene rings is 2. The summed E-state index contributed by atoms with van der Waals surface area (Å²) < 4.78 is 16.2. The van der Waals surface area contributed by atoms with Gasteiger partial charge in [-0.05, 0) is 48.6 Å². The molecule has 7 heteroatoms. The molecule has 28 heavy (non-hydrogen) atoms. The largest absolute Gasteiger partial charge is 0.497 e. The summed E-state index contributed by atoms with van der Waals surface area (Å²) >= 11 is 1.24. The van der Waals surface area contributed by atoms with Crippen molar-refractivity contribution in [3.05, 3.63) is 53.1 Å². The molecule has 0 saturated heterocycles. The molecular formula is C21H20N2O4S. The van der Waals surface area contributed by atoms with Gasteiger partial charge in [-0.3, -0.25) is 4.79 Å². The average molecular weight is 396 g/mol. The molecule has 0 fully saturated rings. The van der Waals surface area contributed by atoms with Crippen LogP contribution in [-0.2, 0) is 12.8 Å². The van der Waals surface area contributed by atoms with Crippen molar-refractivity contribution >= 4 is 17.5 Å². The molecule has 0 spiro atoms. The minimum Gasteiger partial charge on any atom is -0.497 e. The number of carbonyl (C=O) groups excluding carboxylic acids is 1. The van der Waals surface area contributed by atoms with Gasteiger partial charge in [0, 0.05) is 17.2 Å². The Labute approximate surface area is 167 Å². The molecule has 1 heterocycles. The third kappa shape index (κ3) is 3.89. The molecule has 0 aliphatic heterocycles. The van der Waals surface area contributed by atoms with E-state index in [0.29, 0.717) is 28.2 Å². The Kier molecular flexibility index (Phi) is 5.34. The van der Waals surface area contributed by atoms with E-state index in [9.17, 15) is 4.79 Å². The normalized spacial score (nSPS) is 12.6. The zero-order valence-corrected chi connectivity index (χ0v) is 16.5. The second-order valence-corrected chi connectivity index (χ2v) is 7.45. The van der Waals surface area contributed by atoms with Crippen LogP contribution in [0.5, 0.6) is 11.5 Å². The number of carbonyl (C=O) groups is 1. The lowest BCUT2D eigenvalue weighted by atomic mass is 10.0. The summed E-state index contributed by atoms with van der Waals surface area (Å²) in [7, 11) is 3.16. The Morgan fingerprint density at radius 1 is 1.04 bits per heavy atom. The molecule has 4 rings (SSSR count). The molecule has 0 atom stereocenters. The van der Waals surface area contributed by atoms with Gasteiger partial charge in [0.2, 0.25) is 5.89 Å². The lowest BCUT2D eigenvalue weighted by Crippen LogP contribution is -2.03. The van der Waals surface area contributed by atoms with Crippen molar-refractivity contribution < 1.29 is 18.7 Å². The van der Waals surface area contributed by atoms with Gasteiger partial charge in [-0.1, -0.05) is 23.9 Å². The number of aryl methyl sites for hydroxylation is 2. The number of methoxy groups -OCH3 is 2. The molecular weight excluding hydrogens is 376 g/mol. The summed E-state index contributed by atoms with van der Waals surface area (Å²) in [5.74, 6) is 1.93. The fourth-order valence-corrected chi connectivity index (χ4v) is 3.93. The first kappa shape index (κ1) is 18.6. The molecule has 0 radical (unpaired) electrons. The minimum atomic E-state index is 0.0579. The summed E-state index contributed by atoms with van der Waals surface area (Å²) in [6.07, 6.45) is 3.33. The summed E-state index contributed by atoms with van der Waals surface area (Å²) in [5, 5.41) is 8.47. The van der Waals surface area contributed by atoms with Gasteiger partial charge in [-0.2, -0.15) is 0 Å². The molecule has 0 saturated carbocycles. The number of ketones is 1. The predicted molar refractivity (Wildman–Crippen MR) is 106 cm³/mol. The van der Waals surface area contributed by atoms with Crippen LogP contribution in [0.15, 0.2) is 46.0 Å². The molecule has 1 aliphatic carbocycles. The lowest BCUT2D eigenvalue weighted by Gasteiger charge is -2.05. The van der Waals surface area contributed by atoms with Crippen molar-refractivity contribution in [1.82, 2.24) is 10.2 Å². The first-order valence-corrected chi connectivity index (χ1v) is 9.99. The number of rotatable bonds is 7. The molecule has 1 aliphatic rings. The first-order chi connectivity index (χ1) is 13.7. The average Bonchev–Trinajstić information content (AvgIpc) is 3.40. The summed E-state index contributed by atoms with van der Waals surface area (Å²) in [6, 6.07) is 11.4. The SMILES string of the molecule is COc1cc(OC)cc(-c2nnc(SCC(=O)c3ccc4c(c3)CCC4)o2)c1. The highest BCUT2D eigenvalue weighted by atomic mass is 32.2. The fraction of sp³-hybridized carbons (Fsp3) is 0.286. The third-order valence-electron chi connectivity index (χ3n) is 4.75. The van der Waals surface area contributed by atoms with Crippen molar-refractivity contribution in [3.8, 4) is 23.0 Å². The van der Waals surface area contributed by atoms with Crippen LogP contribution in [-0.4, -0.2) is 36.0 Å². The van der Waals surface area contributed by atoms with Crippen LogP contribution in [0.4, 0.5) is 0 Å². The van der Waals surface area contributed by atoms with E-state index in [1.165, 1.54) is 29.3 Å². The highest BCUT2D eigenvalue weighted by molar-refractivity contribution is 7.99. The first-order valence-electron chi connectivity index (χ1n) is 9.01. The van der Waals surface area contributed by atoms with Crippen LogP contribution >= 0.6 is 11.8 Å². The maximum Gasteiger partial charge on any atom is 0.277 e. The van der Waals surface area contributed by atoms with Gasteiger partial charge >= 0.3 is 0 Å². The van der Waals surface area contributed by atoms with Crippen molar-refractivity contribution in [2.45, 2.75) is 24.5 Å². The maximum absolute atomic E-state index is 12.5. The smallest absolute Gasteiger partial charge is 0.277 e. The van der Waals surface area contributed by atoms with E-state index >= 15 is 0 Å². The van der Waals surface area contributed by atoms with E-state index in [1.54, 1.807) is 32.4 Å². The van der Waals surface area contributed by atoms with Crippen LogP contribution < -0.4 is 9.47 Å². The Morgan fingerprint density at radius 2 is 1.79 bits per heavy atom. The number of nitrogens with zero attached hydrogens (tertiary/aromatic N) is 2. The topological polar surface area (TPSA) is 74.5 Å². The van der Waals surface area contributed by atoms with E-state index < -0.39 is 0 Å². The van der Waals surface area contributed by atoms with E-state index in [-0.39, 0.29) is 11.5 Å². The number of ether oxygens (including phenoxy) is 2. The molecule has 144 valence electrons. The van der Waals surface area contributed by atoms with E-state index in [0.717, 1.165) is 18.4 Å². The Balaban J connectivity index is 1.44. The second-order valence-electron chi connectivity index (χ2n) is 6.52. The molecule has 0 N–H and O–H groups in total. The highest BCUT2D eigenvalue weighted by Crippen LogP contribution is 2.31. The molecule has 0 unspecified atom stereocenters. The van der Waals surface area contributed by atoms with Gasteiger partial charge in [-0.25, -0.2) is 0 Å². The monoisotopic (exact) mass is 396 g/mol. The second kappa shape index (κ2) is 8.06. The minimum absolute atomic E-state index is 0.0579. The zero-order valence-electron chi connectivity index (χ0n) is 15.7. The van der Waals surface area contributed by atoms with Crippen LogP contribution in [0.3, 0.4) is 0 Å². The van der Waals surface area contributed by atoms with Crippen LogP contribution in [0.2, 0.25) is 0 Å². The zero-order chi connectivity index (χ0) is 19.5. The van der Waals surface area contributed by atoms with Crippen molar-refractivity contribution in [1.29, 1.82) is 0 Å². The molecule has 0 amide bonds. The van der Waals surface area contributed by atoms with E-state index in [1.807, 2.05) is 12.1 Å². The summed E-state index contributed by atoms with van der Waals surface area (Å²) in [5.41, 5.74) is 4.09. The number of aromatic nitrogens is 2. The lowest BCUT2D eigenvalue weighted by molar-refractivity contribution is 0.102. The number of fused-ring (bicyclic) bond motifs is 1. The Hall–Kier alpha value is -2.80. The van der Waals surface area contributed by atoms with Gasteiger partial charge in [0.15, 0.2) is 5.78 Å².